The molecular formula is C19H21F3N2O4S2. The molecule has 0 radical (unpaired) electrons. The standard InChI is InChI=1S/C19H21F3N2O4S2/c1-2-15-6-8-17(9-7-15)29(25,26)23-10-12-24(13-11-23)30(27,28)18-5-3-4-16(14-18)19(20,21)22/h3-9,14H,2,10-13H2,1H3. The summed E-state index contributed by atoms with van der Waals surface area (Å²) in [6.45, 7) is 1.48. The molecule has 6 nitrogen and oxygen atoms in total. The van der Waals surface area contributed by atoms with Crippen molar-refractivity contribution in [1.82, 2.24) is 8.61 Å². The number of alkyl halides is 3. The average Bonchev–Trinajstić information content (AvgIpc) is 2.73. The van der Waals surface area contributed by atoms with Crippen molar-refractivity contribution < 1.29 is 30.0 Å². The van der Waals surface area contributed by atoms with Crippen LogP contribution in [-0.4, -0.2) is 51.6 Å². The van der Waals surface area contributed by atoms with Gasteiger partial charge in [-0.1, -0.05) is 25.1 Å². The van der Waals surface area contributed by atoms with Gasteiger partial charge in [0, 0.05) is 26.2 Å². The number of hydrogen-bond donors (Lipinski definition) is 0. The molecule has 3 rings (SSSR count). The van der Waals surface area contributed by atoms with Crippen molar-refractivity contribution in [3.63, 3.8) is 0 Å². The van der Waals surface area contributed by atoms with Crippen molar-refractivity contribution in [3.8, 4) is 0 Å². The lowest BCUT2D eigenvalue weighted by Gasteiger charge is -2.33. The highest BCUT2D eigenvalue weighted by atomic mass is 32.2. The van der Waals surface area contributed by atoms with Gasteiger partial charge < -0.3 is 0 Å². The molecule has 11 heteroatoms. The van der Waals surface area contributed by atoms with Crippen molar-refractivity contribution in [2.24, 2.45) is 0 Å². The van der Waals surface area contributed by atoms with Crippen molar-refractivity contribution in [2.45, 2.75) is 29.3 Å². The quantitative estimate of drug-likeness (QED) is 0.685. The van der Waals surface area contributed by atoms with Gasteiger partial charge in [-0.25, -0.2) is 16.8 Å². The Balaban J connectivity index is 1.76. The van der Waals surface area contributed by atoms with Crippen molar-refractivity contribution in [2.75, 3.05) is 26.2 Å². The third-order valence-electron chi connectivity index (χ3n) is 4.97. The van der Waals surface area contributed by atoms with E-state index in [9.17, 15) is 30.0 Å². The summed E-state index contributed by atoms with van der Waals surface area (Å²) in [7, 11) is -7.96. The van der Waals surface area contributed by atoms with Gasteiger partial charge in [-0.05, 0) is 42.3 Å². The first-order chi connectivity index (χ1) is 14.0. The van der Waals surface area contributed by atoms with E-state index in [1.54, 1.807) is 12.1 Å². The van der Waals surface area contributed by atoms with Crippen LogP contribution >= 0.6 is 0 Å². The Labute approximate surface area is 174 Å². The zero-order valence-electron chi connectivity index (χ0n) is 16.1. The molecule has 0 amide bonds. The Bertz CT molecular complexity index is 1110. The molecule has 1 heterocycles. The highest BCUT2D eigenvalue weighted by Gasteiger charge is 2.36. The number of rotatable bonds is 5. The van der Waals surface area contributed by atoms with Crippen LogP contribution in [0.2, 0.25) is 0 Å². The van der Waals surface area contributed by atoms with Crippen LogP contribution in [-0.2, 0) is 32.6 Å². The molecule has 30 heavy (non-hydrogen) atoms. The summed E-state index contributed by atoms with van der Waals surface area (Å²) in [6.07, 6.45) is -3.89. The molecule has 0 unspecified atom stereocenters. The summed E-state index contributed by atoms with van der Waals surface area (Å²) in [5, 5.41) is 0. The Morgan fingerprint density at radius 2 is 1.30 bits per heavy atom. The van der Waals surface area contributed by atoms with E-state index >= 15 is 0 Å². The molecule has 2 aromatic carbocycles. The summed E-state index contributed by atoms with van der Waals surface area (Å²) < 4.78 is 92.0. The van der Waals surface area contributed by atoms with Gasteiger partial charge in [0.15, 0.2) is 0 Å². The van der Waals surface area contributed by atoms with E-state index in [2.05, 4.69) is 0 Å². The second kappa shape index (κ2) is 8.29. The fourth-order valence-corrected chi connectivity index (χ4v) is 6.07. The van der Waals surface area contributed by atoms with E-state index in [1.165, 1.54) is 16.4 Å². The van der Waals surface area contributed by atoms with Gasteiger partial charge in [-0.2, -0.15) is 21.8 Å². The molecule has 1 aliphatic heterocycles. The van der Waals surface area contributed by atoms with Gasteiger partial charge in [0.1, 0.15) is 0 Å². The number of aryl methyl sites for hydroxylation is 1. The highest BCUT2D eigenvalue weighted by Crippen LogP contribution is 2.31. The zero-order valence-corrected chi connectivity index (χ0v) is 17.8. The second-order valence-corrected chi connectivity index (χ2v) is 10.7. The first-order valence-corrected chi connectivity index (χ1v) is 12.1. The first-order valence-electron chi connectivity index (χ1n) is 9.23. The van der Waals surface area contributed by atoms with Gasteiger partial charge in [0.25, 0.3) is 0 Å². The summed E-state index contributed by atoms with van der Waals surface area (Å²) in [6, 6.07) is 10.0. The van der Waals surface area contributed by atoms with Crippen LogP contribution in [0.3, 0.4) is 0 Å². The number of halogens is 3. The maximum atomic E-state index is 12.9. The Morgan fingerprint density at radius 3 is 1.77 bits per heavy atom. The molecule has 0 aromatic heterocycles. The normalized spacial score (nSPS) is 17.2. The van der Waals surface area contributed by atoms with E-state index in [-0.39, 0.29) is 31.1 Å². The second-order valence-electron chi connectivity index (χ2n) is 6.83. The van der Waals surface area contributed by atoms with Crippen molar-refractivity contribution in [3.05, 3.63) is 59.7 Å². The first kappa shape index (κ1) is 22.7. The van der Waals surface area contributed by atoms with Gasteiger partial charge in [-0.3, -0.25) is 0 Å². The lowest BCUT2D eigenvalue weighted by Crippen LogP contribution is -2.50. The van der Waals surface area contributed by atoms with E-state index in [0.717, 1.165) is 34.5 Å². The molecule has 1 aliphatic rings. The predicted molar refractivity (Wildman–Crippen MR) is 105 cm³/mol. The minimum absolute atomic E-state index is 0.0872. The predicted octanol–water partition coefficient (Wildman–Crippen LogP) is 2.96. The van der Waals surface area contributed by atoms with E-state index in [4.69, 9.17) is 0 Å². The number of piperazine rings is 1. The molecule has 0 N–H and O–H groups in total. The molecular weight excluding hydrogens is 441 g/mol. The van der Waals surface area contributed by atoms with Crippen molar-refractivity contribution >= 4 is 20.0 Å². The topological polar surface area (TPSA) is 74.8 Å². The fourth-order valence-electron chi connectivity index (χ4n) is 3.18. The third-order valence-corrected chi connectivity index (χ3v) is 8.77. The lowest BCUT2D eigenvalue weighted by molar-refractivity contribution is -0.137. The summed E-state index contributed by atoms with van der Waals surface area (Å²) >= 11 is 0. The van der Waals surface area contributed by atoms with Crippen LogP contribution in [0.25, 0.3) is 0 Å². The molecule has 0 spiro atoms. The monoisotopic (exact) mass is 462 g/mol. The molecule has 164 valence electrons. The Kier molecular flexibility index (Phi) is 6.28. The maximum Gasteiger partial charge on any atom is 0.416 e. The summed E-state index contributed by atoms with van der Waals surface area (Å²) in [5.41, 5.74) is -0.0636. The van der Waals surface area contributed by atoms with Gasteiger partial charge in [0.2, 0.25) is 20.0 Å². The number of nitrogens with zero attached hydrogens (tertiary/aromatic N) is 2. The average molecular weight is 463 g/mol. The van der Waals surface area contributed by atoms with Crippen LogP contribution in [0.15, 0.2) is 58.3 Å². The van der Waals surface area contributed by atoms with Crippen LogP contribution < -0.4 is 0 Å². The van der Waals surface area contributed by atoms with E-state index in [1.807, 2.05) is 6.92 Å². The van der Waals surface area contributed by atoms with Crippen LogP contribution in [0.5, 0.6) is 0 Å². The Morgan fingerprint density at radius 1 is 0.800 bits per heavy atom. The van der Waals surface area contributed by atoms with Gasteiger partial charge in [-0.15, -0.1) is 0 Å². The molecule has 1 saturated heterocycles. The minimum atomic E-state index is -4.66. The van der Waals surface area contributed by atoms with Crippen LogP contribution in [0.4, 0.5) is 13.2 Å². The molecule has 0 aliphatic carbocycles. The van der Waals surface area contributed by atoms with Crippen LogP contribution in [0.1, 0.15) is 18.1 Å². The molecule has 0 bridgehead atoms. The Hall–Kier alpha value is -1.95. The SMILES string of the molecule is CCc1ccc(S(=O)(=O)N2CCN(S(=O)(=O)c3cccc(C(F)(F)F)c3)CC2)cc1. The highest BCUT2D eigenvalue weighted by molar-refractivity contribution is 7.89. The smallest absolute Gasteiger partial charge is 0.207 e. The van der Waals surface area contributed by atoms with E-state index in [0.29, 0.717) is 6.07 Å². The van der Waals surface area contributed by atoms with Gasteiger partial charge in [0.05, 0.1) is 15.4 Å². The number of hydrogen-bond acceptors (Lipinski definition) is 4. The fraction of sp³-hybridized carbons (Fsp3) is 0.368. The lowest BCUT2D eigenvalue weighted by atomic mass is 10.2. The zero-order chi connectivity index (χ0) is 22.2. The third kappa shape index (κ3) is 4.53. The number of benzene rings is 2. The van der Waals surface area contributed by atoms with Crippen LogP contribution in [0, 0.1) is 0 Å². The molecule has 0 atom stereocenters. The van der Waals surface area contributed by atoms with Gasteiger partial charge >= 0.3 is 6.18 Å². The summed E-state index contributed by atoms with van der Waals surface area (Å²) in [5.74, 6) is 0. The maximum absolute atomic E-state index is 12.9. The molecule has 0 saturated carbocycles. The molecule has 1 fully saturated rings. The minimum Gasteiger partial charge on any atom is -0.207 e. The largest absolute Gasteiger partial charge is 0.416 e. The molecule has 2 aromatic rings. The van der Waals surface area contributed by atoms with Crippen molar-refractivity contribution in [1.29, 1.82) is 0 Å². The summed E-state index contributed by atoms with van der Waals surface area (Å²) in [4.78, 5) is -0.349. The number of sulfonamides is 2. The van der Waals surface area contributed by atoms with E-state index < -0.39 is 36.7 Å².